The van der Waals surface area contributed by atoms with Crippen LogP contribution < -0.4 is 16.2 Å². The lowest BCUT2D eigenvalue weighted by Gasteiger charge is -2.11. The fourth-order valence-corrected chi connectivity index (χ4v) is 1.92. The lowest BCUT2D eigenvalue weighted by Crippen LogP contribution is -2.44. The number of hydrogen-bond acceptors (Lipinski definition) is 4. The zero-order chi connectivity index (χ0) is 15.9. The Kier molecular flexibility index (Phi) is 5.08. The first-order valence-corrected chi connectivity index (χ1v) is 6.87. The Labute approximate surface area is 128 Å². The summed E-state index contributed by atoms with van der Waals surface area (Å²) < 4.78 is 0. The lowest BCUT2D eigenvalue weighted by atomic mass is 10.1. The fraction of sp³-hybridized carbons (Fsp3) is 0.188. The minimum Gasteiger partial charge on any atom is -0.376 e. The van der Waals surface area contributed by atoms with Gasteiger partial charge in [0, 0.05) is 11.9 Å². The summed E-state index contributed by atoms with van der Waals surface area (Å²) in [4.78, 5) is 27.3. The number of anilines is 1. The van der Waals surface area contributed by atoms with Gasteiger partial charge >= 0.3 is 0 Å². The molecule has 0 fully saturated rings. The molecule has 0 bridgehead atoms. The van der Waals surface area contributed by atoms with E-state index in [2.05, 4.69) is 21.2 Å². The number of nitrogens with zero attached hydrogens (tertiary/aromatic N) is 1. The number of rotatable bonds is 4. The van der Waals surface area contributed by atoms with Crippen molar-refractivity contribution in [1.29, 1.82) is 0 Å². The van der Waals surface area contributed by atoms with Crippen LogP contribution >= 0.6 is 0 Å². The molecule has 6 nitrogen and oxygen atoms in total. The van der Waals surface area contributed by atoms with E-state index in [4.69, 9.17) is 0 Å². The maximum atomic E-state index is 11.7. The van der Waals surface area contributed by atoms with Crippen molar-refractivity contribution in [2.75, 3.05) is 11.9 Å². The molecule has 0 aliphatic carbocycles. The van der Waals surface area contributed by atoms with Crippen molar-refractivity contribution in [1.82, 2.24) is 15.8 Å². The highest BCUT2D eigenvalue weighted by atomic mass is 16.2. The van der Waals surface area contributed by atoms with Gasteiger partial charge in [-0.15, -0.1) is 0 Å². The number of hydrogen-bond donors (Lipinski definition) is 3. The molecule has 0 saturated heterocycles. The third-order valence-electron chi connectivity index (χ3n) is 3.03. The number of nitrogens with one attached hydrogen (secondary N) is 3. The van der Waals surface area contributed by atoms with Crippen LogP contribution in [0, 0.1) is 13.8 Å². The molecule has 3 N–H and O–H groups in total. The molecule has 0 radical (unpaired) electrons. The van der Waals surface area contributed by atoms with Crippen molar-refractivity contribution in [3.05, 3.63) is 59.4 Å². The Balaban J connectivity index is 1.80. The molecule has 2 aromatic rings. The Hall–Kier alpha value is -2.89. The van der Waals surface area contributed by atoms with E-state index in [1.54, 1.807) is 18.2 Å². The first-order chi connectivity index (χ1) is 10.6. The van der Waals surface area contributed by atoms with Crippen molar-refractivity contribution in [3.8, 4) is 0 Å². The van der Waals surface area contributed by atoms with Gasteiger partial charge in [0.1, 0.15) is 5.69 Å². The van der Waals surface area contributed by atoms with Crippen molar-refractivity contribution in [2.24, 2.45) is 0 Å². The maximum absolute atomic E-state index is 11.7. The van der Waals surface area contributed by atoms with Gasteiger partial charge in [0.05, 0.1) is 6.54 Å². The van der Waals surface area contributed by atoms with Crippen LogP contribution in [0.3, 0.4) is 0 Å². The van der Waals surface area contributed by atoms with Crippen molar-refractivity contribution in [2.45, 2.75) is 13.8 Å². The largest absolute Gasteiger partial charge is 0.376 e. The average Bonchev–Trinajstić information content (AvgIpc) is 2.52. The number of aromatic nitrogens is 1. The first kappa shape index (κ1) is 15.5. The van der Waals surface area contributed by atoms with E-state index in [1.807, 2.05) is 32.0 Å². The number of carbonyl (C=O) groups excluding carboxylic acids is 2. The topological polar surface area (TPSA) is 83.1 Å². The molecule has 6 heteroatoms. The fourth-order valence-electron chi connectivity index (χ4n) is 1.92. The van der Waals surface area contributed by atoms with E-state index in [0.29, 0.717) is 0 Å². The number of carbonyl (C=O) groups is 2. The Bertz CT molecular complexity index is 671. The van der Waals surface area contributed by atoms with E-state index in [0.717, 1.165) is 16.8 Å². The third-order valence-corrected chi connectivity index (χ3v) is 3.03. The van der Waals surface area contributed by atoms with Crippen LogP contribution in [-0.2, 0) is 4.79 Å². The molecule has 114 valence electrons. The van der Waals surface area contributed by atoms with Gasteiger partial charge in [-0.3, -0.25) is 25.4 Å². The van der Waals surface area contributed by atoms with Gasteiger partial charge in [-0.1, -0.05) is 23.8 Å². The number of pyridine rings is 1. The second-order valence-electron chi connectivity index (χ2n) is 4.89. The smallest absolute Gasteiger partial charge is 0.288 e. The highest BCUT2D eigenvalue weighted by molar-refractivity contribution is 5.94. The Morgan fingerprint density at radius 1 is 1.09 bits per heavy atom. The van der Waals surface area contributed by atoms with Gasteiger partial charge in [-0.05, 0) is 37.6 Å². The number of amides is 2. The summed E-state index contributed by atoms with van der Waals surface area (Å²) in [5.74, 6) is -0.801. The van der Waals surface area contributed by atoms with Crippen LogP contribution in [0.15, 0.2) is 42.6 Å². The van der Waals surface area contributed by atoms with E-state index < -0.39 is 5.91 Å². The Morgan fingerprint density at radius 3 is 2.59 bits per heavy atom. The van der Waals surface area contributed by atoms with Gasteiger partial charge in [0.2, 0.25) is 0 Å². The van der Waals surface area contributed by atoms with Crippen LogP contribution in [0.4, 0.5) is 5.69 Å². The minimum absolute atomic E-state index is 0.0619. The van der Waals surface area contributed by atoms with Crippen LogP contribution in [0.1, 0.15) is 21.6 Å². The van der Waals surface area contributed by atoms with Gasteiger partial charge in [0.15, 0.2) is 0 Å². The molecule has 22 heavy (non-hydrogen) atoms. The third kappa shape index (κ3) is 4.31. The lowest BCUT2D eigenvalue weighted by molar-refractivity contribution is -0.120. The van der Waals surface area contributed by atoms with E-state index in [9.17, 15) is 9.59 Å². The zero-order valence-corrected chi connectivity index (χ0v) is 12.5. The summed E-state index contributed by atoms with van der Waals surface area (Å²) in [5, 5.41) is 3.02. The summed E-state index contributed by atoms with van der Waals surface area (Å²) in [6.07, 6.45) is 1.51. The monoisotopic (exact) mass is 298 g/mol. The number of hydrazine groups is 1. The number of benzene rings is 1. The van der Waals surface area contributed by atoms with Crippen LogP contribution in [0.5, 0.6) is 0 Å². The summed E-state index contributed by atoms with van der Waals surface area (Å²) in [6.45, 7) is 4.04. The summed E-state index contributed by atoms with van der Waals surface area (Å²) in [5.41, 5.74) is 8.01. The highest BCUT2D eigenvalue weighted by Crippen LogP contribution is 2.15. The maximum Gasteiger partial charge on any atom is 0.288 e. The van der Waals surface area contributed by atoms with E-state index in [1.165, 1.54) is 6.20 Å². The molecule has 1 heterocycles. The zero-order valence-electron chi connectivity index (χ0n) is 12.5. The Morgan fingerprint density at radius 2 is 1.91 bits per heavy atom. The molecule has 0 spiro atoms. The van der Waals surface area contributed by atoms with Crippen molar-refractivity contribution < 1.29 is 9.59 Å². The SMILES string of the molecule is Cc1ccc(NCC(=O)NNC(=O)c2ccccn2)c(C)c1. The molecule has 1 aromatic heterocycles. The summed E-state index contributed by atoms with van der Waals surface area (Å²) >= 11 is 0. The van der Waals surface area contributed by atoms with Gasteiger partial charge in [-0.2, -0.15) is 0 Å². The van der Waals surface area contributed by atoms with Gasteiger partial charge in [-0.25, -0.2) is 0 Å². The predicted molar refractivity (Wildman–Crippen MR) is 84.3 cm³/mol. The first-order valence-electron chi connectivity index (χ1n) is 6.87. The van der Waals surface area contributed by atoms with Crippen LogP contribution in [0.25, 0.3) is 0 Å². The quantitative estimate of drug-likeness (QED) is 0.748. The number of aryl methyl sites for hydroxylation is 2. The molecule has 0 aliphatic heterocycles. The minimum atomic E-state index is -0.458. The van der Waals surface area contributed by atoms with Crippen LogP contribution in [0.2, 0.25) is 0 Å². The van der Waals surface area contributed by atoms with Crippen molar-refractivity contribution in [3.63, 3.8) is 0 Å². The molecule has 0 unspecified atom stereocenters. The normalized spacial score (nSPS) is 9.91. The molecule has 1 aromatic carbocycles. The molecule has 0 aliphatic rings. The van der Waals surface area contributed by atoms with E-state index >= 15 is 0 Å². The average molecular weight is 298 g/mol. The standard InChI is InChI=1S/C16H18N4O2/c1-11-6-7-13(12(2)9-11)18-10-15(21)19-20-16(22)14-5-3-4-8-17-14/h3-9,18H,10H2,1-2H3,(H,19,21)(H,20,22). The summed E-state index contributed by atoms with van der Waals surface area (Å²) in [7, 11) is 0. The highest BCUT2D eigenvalue weighted by Gasteiger charge is 2.08. The second-order valence-corrected chi connectivity index (χ2v) is 4.89. The molecule has 2 amide bonds. The molecule has 0 atom stereocenters. The van der Waals surface area contributed by atoms with Gasteiger partial charge in [0.25, 0.3) is 11.8 Å². The molecular formula is C16H18N4O2. The molecule has 2 rings (SSSR count). The second kappa shape index (κ2) is 7.21. The molecule has 0 saturated carbocycles. The van der Waals surface area contributed by atoms with E-state index in [-0.39, 0.29) is 18.1 Å². The van der Waals surface area contributed by atoms with Crippen LogP contribution in [-0.4, -0.2) is 23.3 Å². The summed E-state index contributed by atoms with van der Waals surface area (Å²) in [6, 6.07) is 10.9. The van der Waals surface area contributed by atoms with Crippen molar-refractivity contribution >= 4 is 17.5 Å². The van der Waals surface area contributed by atoms with Gasteiger partial charge < -0.3 is 5.32 Å². The predicted octanol–water partition coefficient (Wildman–Crippen LogP) is 1.57. The molecular weight excluding hydrogens is 280 g/mol.